The Hall–Kier alpha value is -2.70. The molecule has 0 aliphatic rings. The Morgan fingerprint density at radius 3 is 1.30 bits per heavy atom. The standard InChI is InChI=1S/C24H14Br2O4/c1-29-23(27)13-3-5-15-19-11(13)7-9-17(25)21(19)16-6-4-14(24(28)30-2)12-8-10-18(26)22(15)20(12)16/h3-10H,1-2H3. The van der Waals surface area contributed by atoms with Crippen LogP contribution in [0, 0.1) is 0 Å². The highest BCUT2D eigenvalue weighted by atomic mass is 79.9. The number of ether oxygens (including phenoxy) is 2. The molecule has 6 heteroatoms. The number of hydrogen-bond acceptors (Lipinski definition) is 4. The summed E-state index contributed by atoms with van der Waals surface area (Å²) in [6.07, 6.45) is 0. The number of methoxy groups -OCH3 is 2. The van der Waals surface area contributed by atoms with Crippen LogP contribution in [0.25, 0.3) is 43.1 Å². The molecular formula is C24H14Br2O4. The Bertz CT molecular complexity index is 1410. The quantitative estimate of drug-likeness (QED) is 0.144. The van der Waals surface area contributed by atoms with Crippen molar-refractivity contribution in [2.24, 2.45) is 0 Å². The van der Waals surface area contributed by atoms with E-state index in [1.165, 1.54) is 14.2 Å². The first-order chi connectivity index (χ1) is 14.5. The van der Waals surface area contributed by atoms with Gasteiger partial charge in [-0.25, -0.2) is 9.59 Å². The fraction of sp³-hybridized carbons (Fsp3) is 0.0833. The van der Waals surface area contributed by atoms with Crippen LogP contribution in [0.3, 0.4) is 0 Å². The van der Waals surface area contributed by atoms with Crippen molar-refractivity contribution >= 4 is 86.9 Å². The smallest absolute Gasteiger partial charge is 0.338 e. The summed E-state index contributed by atoms with van der Waals surface area (Å²) in [5, 5.41) is 7.54. The summed E-state index contributed by atoms with van der Waals surface area (Å²) in [6.45, 7) is 0. The van der Waals surface area contributed by atoms with E-state index in [1.54, 1.807) is 12.1 Å². The number of esters is 2. The summed E-state index contributed by atoms with van der Waals surface area (Å²) < 4.78 is 11.8. The molecule has 0 saturated heterocycles. The molecule has 0 heterocycles. The minimum atomic E-state index is -0.376. The van der Waals surface area contributed by atoms with E-state index in [4.69, 9.17) is 9.47 Å². The van der Waals surface area contributed by atoms with Crippen LogP contribution in [0.2, 0.25) is 0 Å². The highest BCUT2D eigenvalue weighted by Gasteiger charge is 2.22. The fourth-order valence-electron chi connectivity index (χ4n) is 4.36. The molecule has 148 valence electrons. The maximum Gasteiger partial charge on any atom is 0.338 e. The molecule has 5 aromatic rings. The van der Waals surface area contributed by atoms with Crippen LogP contribution >= 0.6 is 31.9 Å². The minimum absolute atomic E-state index is 0.376. The summed E-state index contributed by atoms with van der Waals surface area (Å²) in [5.41, 5.74) is 1.03. The molecule has 0 N–H and O–H groups in total. The molecule has 4 nitrogen and oxygen atoms in total. The molecule has 30 heavy (non-hydrogen) atoms. The summed E-state index contributed by atoms with van der Waals surface area (Å²) in [7, 11) is 2.77. The van der Waals surface area contributed by atoms with E-state index < -0.39 is 0 Å². The van der Waals surface area contributed by atoms with Gasteiger partial charge in [0.25, 0.3) is 0 Å². The van der Waals surface area contributed by atoms with Crippen molar-refractivity contribution in [1.29, 1.82) is 0 Å². The lowest BCUT2D eigenvalue weighted by molar-refractivity contribution is 0.0594. The SMILES string of the molecule is COC(=O)c1ccc2c3c(Br)ccc4c(C(=O)OC)ccc(c5c(Br)ccc1c25)c43. The predicted molar refractivity (Wildman–Crippen MR) is 126 cm³/mol. The van der Waals surface area contributed by atoms with Gasteiger partial charge in [-0.3, -0.25) is 0 Å². The van der Waals surface area contributed by atoms with Crippen LogP contribution in [-0.2, 0) is 9.47 Å². The van der Waals surface area contributed by atoms with E-state index >= 15 is 0 Å². The van der Waals surface area contributed by atoms with Gasteiger partial charge < -0.3 is 9.47 Å². The third-order valence-corrected chi connectivity index (χ3v) is 6.93. The topological polar surface area (TPSA) is 52.6 Å². The lowest BCUT2D eigenvalue weighted by Crippen LogP contribution is -2.04. The number of fused-ring (bicyclic) bond motifs is 2. The maximum absolute atomic E-state index is 12.4. The molecule has 0 unspecified atom stereocenters. The number of carbonyl (C=O) groups is 2. The molecule has 0 aliphatic heterocycles. The molecule has 0 radical (unpaired) electrons. The zero-order valence-corrected chi connectivity index (χ0v) is 19.2. The van der Waals surface area contributed by atoms with Gasteiger partial charge in [0.1, 0.15) is 0 Å². The van der Waals surface area contributed by atoms with Crippen LogP contribution < -0.4 is 0 Å². The molecule has 5 aromatic carbocycles. The van der Waals surface area contributed by atoms with Gasteiger partial charge in [0.15, 0.2) is 0 Å². The molecular weight excluding hydrogens is 512 g/mol. The Kier molecular flexibility index (Phi) is 4.45. The van der Waals surface area contributed by atoms with Crippen molar-refractivity contribution in [2.75, 3.05) is 14.2 Å². The lowest BCUT2D eigenvalue weighted by atomic mass is 9.87. The molecule has 5 rings (SSSR count). The maximum atomic E-state index is 12.4. The van der Waals surface area contributed by atoms with Crippen molar-refractivity contribution in [1.82, 2.24) is 0 Å². The Balaban J connectivity index is 2.12. The minimum Gasteiger partial charge on any atom is -0.465 e. The zero-order valence-electron chi connectivity index (χ0n) is 16.0. The summed E-state index contributed by atoms with van der Waals surface area (Å²) in [4.78, 5) is 24.8. The Morgan fingerprint density at radius 2 is 0.933 bits per heavy atom. The number of hydrogen-bond donors (Lipinski definition) is 0. The van der Waals surface area contributed by atoms with Gasteiger partial charge in [0, 0.05) is 19.7 Å². The Morgan fingerprint density at radius 1 is 0.567 bits per heavy atom. The highest BCUT2D eigenvalue weighted by molar-refractivity contribution is 9.11. The monoisotopic (exact) mass is 524 g/mol. The van der Waals surface area contributed by atoms with Crippen molar-refractivity contribution in [3.8, 4) is 0 Å². The van der Waals surface area contributed by atoms with Crippen LogP contribution in [-0.4, -0.2) is 26.2 Å². The largest absolute Gasteiger partial charge is 0.465 e. The van der Waals surface area contributed by atoms with Crippen LogP contribution in [0.4, 0.5) is 0 Å². The van der Waals surface area contributed by atoms with E-state index in [0.717, 1.165) is 52.0 Å². The first kappa shape index (κ1) is 19.3. The predicted octanol–water partition coefficient (Wildman–Crippen LogP) is 6.84. The Labute approximate surface area is 188 Å². The van der Waals surface area contributed by atoms with E-state index in [0.29, 0.717) is 11.1 Å². The van der Waals surface area contributed by atoms with Gasteiger partial charge in [0.2, 0.25) is 0 Å². The summed E-state index contributed by atoms with van der Waals surface area (Å²) in [6, 6.07) is 15.2. The number of halogens is 2. The van der Waals surface area contributed by atoms with Crippen molar-refractivity contribution < 1.29 is 19.1 Å². The molecule has 0 bridgehead atoms. The highest BCUT2D eigenvalue weighted by Crippen LogP contribution is 2.46. The lowest BCUT2D eigenvalue weighted by Gasteiger charge is -2.18. The van der Waals surface area contributed by atoms with Crippen molar-refractivity contribution in [3.63, 3.8) is 0 Å². The van der Waals surface area contributed by atoms with Gasteiger partial charge in [-0.2, -0.15) is 0 Å². The molecule has 0 amide bonds. The van der Waals surface area contributed by atoms with Crippen molar-refractivity contribution in [2.45, 2.75) is 0 Å². The molecule has 0 saturated carbocycles. The van der Waals surface area contributed by atoms with E-state index in [1.807, 2.05) is 36.4 Å². The summed E-state index contributed by atoms with van der Waals surface area (Å²) >= 11 is 7.40. The average Bonchev–Trinajstić information content (AvgIpc) is 2.77. The van der Waals surface area contributed by atoms with E-state index in [-0.39, 0.29) is 11.9 Å². The number of carbonyl (C=O) groups excluding carboxylic acids is 2. The average molecular weight is 526 g/mol. The van der Waals surface area contributed by atoms with Crippen LogP contribution in [0.1, 0.15) is 20.7 Å². The third-order valence-electron chi connectivity index (χ3n) is 5.61. The summed E-state index contributed by atoms with van der Waals surface area (Å²) in [5.74, 6) is -0.752. The molecule has 0 fully saturated rings. The second-order valence-corrected chi connectivity index (χ2v) is 8.70. The van der Waals surface area contributed by atoms with Crippen LogP contribution in [0.15, 0.2) is 57.5 Å². The first-order valence-electron chi connectivity index (χ1n) is 9.15. The zero-order chi connectivity index (χ0) is 21.2. The molecule has 0 aromatic heterocycles. The normalized spacial score (nSPS) is 11.6. The van der Waals surface area contributed by atoms with Gasteiger partial charge in [-0.15, -0.1) is 0 Å². The molecule has 0 aliphatic carbocycles. The number of benzene rings is 5. The first-order valence-corrected chi connectivity index (χ1v) is 10.7. The third kappa shape index (κ3) is 2.50. The van der Waals surface area contributed by atoms with Gasteiger partial charge in [-0.05, 0) is 56.6 Å². The van der Waals surface area contributed by atoms with Crippen LogP contribution in [0.5, 0.6) is 0 Å². The fourth-order valence-corrected chi connectivity index (χ4v) is 5.45. The van der Waals surface area contributed by atoms with Gasteiger partial charge >= 0.3 is 11.9 Å². The van der Waals surface area contributed by atoms with Crippen molar-refractivity contribution in [3.05, 3.63) is 68.6 Å². The second-order valence-electron chi connectivity index (χ2n) is 6.99. The number of rotatable bonds is 2. The second kappa shape index (κ2) is 6.93. The van der Waals surface area contributed by atoms with Gasteiger partial charge in [-0.1, -0.05) is 56.1 Å². The van der Waals surface area contributed by atoms with E-state index in [9.17, 15) is 9.59 Å². The molecule has 0 spiro atoms. The van der Waals surface area contributed by atoms with E-state index in [2.05, 4.69) is 31.9 Å². The van der Waals surface area contributed by atoms with Gasteiger partial charge in [0.05, 0.1) is 25.3 Å². The molecule has 0 atom stereocenters.